The lowest BCUT2D eigenvalue weighted by atomic mass is 9.94. The number of hydrogen-bond donors (Lipinski definition) is 1. The Morgan fingerprint density at radius 1 is 1.33 bits per heavy atom. The van der Waals surface area contributed by atoms with Gasteiger partial charge in [-0.25, -0.2) is 0 Å². The minimum absolute atomic E-state index is 0.164. The molecule has 1 fully saturated rings. The second-order valence-corrected chi connectivity index (χ2v) is 5.00. The lowest BCUT2D eigenvalue weighted by Crippen LogP contribution is -2.40. The van der Waals surface area contributed by atoms with Crippen molar-refractivity contribution in [2.24, 2.45) is 0 Å². The van der Waals surface area contributed by atoms with Gasteiger partial charge in [-0.15, -0.1) is 0 Å². The van der Waals surface area contributed by atoms with Gasteiger partial charge >= 0.3 is 5.97 Å². The minimum Gasteiger partial charge on any atom is -0.456 e. The highest BCUT2D eigenvalue weighted by Crippen LogP contribution is 2.27. The molecule has 0 amide bonds. The van der Waals surface area contributed by atoms with Crippen LogP contribution in [0.3, 0.4) is 0 Å². The molecule has 1 N–H and O–H groups in total. The molecule has 1 saturated heterocycles. The highest BCUT2D eigenvalue weighted by Gasteiger charge is 2.27. The molecule has 18 heavy (non-hydrogen) atoms. The Balaban J connectivity index is 2.17. The van der Waals surface area contributed by atoms with Crippen LogP contribution in [0.2, 0.25) is 0 Å². The predicted octanol–water partition coefficient (Wildman–Crippen LogP) is 2.74. The van der Waals surface area contributed by atoms with E-state index in [1.54, 1.807) is 0 Å². The molecule has 2 atom stereocenters. The van der Waals surface area contributed by atoms with Gasteiger partial charge in [0.25, 0.3) is 0 Å². The molecule has 1 aliphatic rings. The van der Waals surface area contributed by atoms with Crippen LogP contribution in [0, 0.1) is 6.92 Å². The van der Waals surface area contributed by atoms with Crippen LogP contribution in [-0.2, 0) is 9.53 Å². The molecule has 0 aliphatic carbocycles. The van der Waals surface area contributed by atoms with E-state index in [9.17, 15) is 4.79 Å². The Morgan fingerprint density at radius 3 is 2.61 bits per heavy atom. The van der Waals surface area contributed by atoms with Crippen LogP contribution in [0.4, 0.5) is 0 Å². The summed E-state index contributed by atoms with van der Waals surface area (Å²) in [6, 6.07) is 8.48. The zero-order valence-corrected chi connectivity index (χ0v) is 11.1. The van der Waals surface area contributed by atoms with Crippen molar-refractivity contribution >= 4 is 5.97 Å². The van der Waals surface area contributed by atoms with E-state index in [0.29, 0.717) is 0 Å². The number of aryl methyl sites for hydroxylation is 1. The summed E-state index contributed by atoms with van der Waals surface area (Å²) in [6.07, 6.45) is 3.30. The molecule has 1 aliphatic heterocycles. The van der Waals surface area contributed by atoms with Crippen LogP contribution in [0.25, 0.3) is 0 Å². The fourth-order valence-electron chi connectivity index (χ4n) is 2.45. The largest absolute Gasteiger partial charge is 0.456 e. The molecule has 0 aromatic heterocycles. The van der Waals surface area contributed by atoms with E-state index in [1.807, 2.05) is 0 Å². The summed E-state index contributed by atoms with van der Waals surface area (Å²) in [5.41, 5.74) is 2.30. The highest BCUT2D eigenvalue weighted by molar-refractivity contribution is 5.66. The molecule has 0 bridgehead atoms. The van der Waals surface area contributed by atoms with Crippen molar-refractivity contribution in [2.45, 2.75) is 45.3 Å². The van der Waals surface area contributed by atoms with Crippen molar-refractivity contribution in [3.8, 4) is 0 Å². The van der Waals surface area contributed by atoms with Gasteiger partial charge in [0.05, 0.1) is 0 Å². The van der Waals surface area contributed by atoms with Crippen molar-refractivity contribution < 1.29 is 9.53 Å². The Kier molecular flexibility index (Phi) is 4.37. The van der Waals surface area contributed by atoms with Gasteiger partial charge in [-0.05, 0) is 31.9 Å². The molecular weight excluding hydrogens is 226 g/mol. The van der Waals surface area contributed by atoms with Crippen molar-refractivity contribution in [1.29, 1.82) is 0 Å². The van der Waals surface area contributed by atoms with E-state index < -0.39 is 0 Å². The Labute approximate surface area is 109 Å². The first kappa shape index (κ1) is 13.1. The number of ether oxygens (including phenoxy) is 1. The maximum atomic E-state index is 11.3. The smallest absolute Gasteiger partial charge is 0.303 e. The maximum absolute atomic E-state index is 11.3. The third-order valence-corrected chi connectivity index (χ3v) is 3.41. The van der Waals surface area contributed by atoms with E-state index in [1.165, 1.54) is 25.3 Å². The van der Waals surface area contributed by atoms with Gasteiger partial charge in [-0.2, -0.15) is 0 Å². The zero-order chi connectivity index (χ0) is 13.0. The normalized spacial score (nSPS) is 21.3. The first-order valence-corrected chi connectivity index (χ1v) is 6.64. The molecule has 1 heterocycles. The molecule has 1 aromatic rings. The summed E-state index contributed by atoms with van der Waals surface area (Å²) in [5, 5.41) is 3.46. The first-order chi connectivity index (χ1) is 8.66. The van der Waals surface area contributed by atoms with Crippen molar-refractivity contribution in [1.82, 2.24) is 5.32 Å². The van der Waals surface area contributed by atoms with Crippen LogP contribution in [-0.4, -0.2) is 18.6 Å². The lowest BCUT2D eigenvalue weighted by molar-refractivity contribution is -0.148. The third kappa shape index (κ3) is 3.33. The number of rotatable bonds is 3. The summed E-state index contributed by atoms with van der Waals surface area (Å²) in [4.78, 5) is 11.3. The lowest BCUT2D eigenvalue weighted by Gasteiger charge is -2.31. The highest BCUT2D eigenvalue weighted by atomic mass is 16.5. The third-order valence-electron chi connectivity index (χ3n) is 3.41. The van der Waals surface area contributed by atoms with Crippen molar-refractivity contribution in [3.05, 3.63) is 35.4 Å². The molecule has 98 valence electrons. The number of nitrogens with one attached hydrogen (secondary N) is 1. The van der Waals surface area contributed by atoms with Crippen LogP contribution in [0.1, 0.15) is 43.4 Å². The van der Waals surface area contributed by atoms with Crippen LogP contribution in [0.5, 0.6) is 0 Å². The minimum atomic E-state index is -0.215. The number of carbonyl (C=O) groups excluding carboxylic acids is 1. The molecule has 3 nitrogen and oxygen atoms in total. The summed E-state index contributed by atoms with van der Waals surface area (Å²) in [7, 11) is 0. The molecular formula is C15H21NO2. The van der Waals surface area contributed by atoms with Gasteiger partial charge in [-0.1, -0.05) is 36.2 Å². The second kappa shape index (κ2) is 6.01. The fourth-order valence-corrected chi connectivity index (χ4v) is 2.45. The average molecular weight is 247 g/mol. The molecule has 3 heteroatoms. The first-order valence-electron chi connectivity index (χ1n) is 6.64. The van der Waals surface area contributed by atoms with Gasteiger partial charge in [0, 0.05) is 13.0 Å². The summed E-state index contributed by atoms with van der Waals surface area (Å²) >= 11 is 0. The van der Waals surface area contributed by atoms with Crippen molar-refractivity contribution in [3.63, 3.8) is 0 Å². The van der Waals surface area contributed by atoms with Gasteiger partial charge in [0.1, 0.15) is 6.10 Å². The van der Waals surface area contributed by atoms with Crippen LogP contribution < -0.4 is 5.32 Å². The molecule has 2 unspecified atom stereocenters. The van der Waals surface area contributed by atoms with E-state index in [-0.39, 0.29) is 18.1 Å². The van der Waals surface area contributed by atoms with Gasteiger partial charge < -0.3 is 10.1 Å². The van der Waals surface area contributed by atoms with Gasteiger partial charge in [-0.3, -0.25) is 4.79 Å². The number of esters is 1. The molecule has 0 radical (unpaired) electrons. The maximum Gasteiger partial charge on any atom is 0.303 e. The van der Waals surface area contributed by atoms with Gasteiger partial charge in [0.2, 0.25) is 0 Å². The molecule has 2 rings (SSSR count). The Hall–Kier alpha value is -1.35. The van der Waals surface area contributed by atoms with E-state index >= 15 is 0 Å². The predicted molar refractivity (Wildman–Crippen MR) is 71.3 cm³/mol. The topological polar surface area (TPSA) is 38.3 Å². The van der Waals surface area contributed by atoms with Crippen LogP contribution >= 0.6 is 0 Å². The second-order valence-electron chi connectivity index (χ2n) is 5.00. The van der Waals surface area contributed by atoms with E-state index in [0.717, 1.165) is 18.5 Å². The average Bonchev–Trinajstić information content (AvgIpc) is 2.38. The Bertz CT molecular complexity index is 393. The number of benzene rings is 1. The van der Waals surface area contributed by atoms with Crippen molar-refractivity contribution in [2.75, 3.05) is 6.54 Å². The Morgan fingerprint density at radius 2 is 2.06 bits per heavy atom. The summed E-state index contributed by atoms with van der Waals surface area (Å²) in [5.74, 6) is -0.215. The monoisotopic (exact) mass is 247 g/mol. The fraction of sp³-hybridized carbons (Fsp3) is 0.533. The summed E-state index contributed by atoms with van der Waals surface area (Å²) in [6.45, 7) is 4.54. The number of piperidine rings is 1. The zero-order valence-electron chi connectivity index (χ0n) is 11.1. The molecule has 0 spiro atoms. The standard InChI is InChI=1S/C15H21NO2/c1-11-6-8-13(9-7-11)15(18-12(2)17)14-5-3-4-10-16-14/h6-9,14-16H,3-5,10H2,1-2H3. The quantitative estimate of drug-likeness (QED) is 0.835. The molecule has 0 saturated carbocycles. The van der Waals surface area contributed by atoms with E-state index in [2.05, 4.69) is 36.5 Å². The summed E-state index contributed by atoms with van der Waals surface area (Å²) < 4.78 is 5.51. The molecule has 1 aromatic carbocycles. The SMILES string of the molecule is CC(=O)OC(c1ccc(C)cc1)C1CCCCN1. The van der Waals surface area contributed by atoms with E-state index in [4.69, 9.17) is 4.74 Å². The van der Waals surface area contributed by atoms with Gasteiger partial charge in [0.15, 0.2) is 0 Å². The van der Waals surface area contributed by atoms with Crippen LogP contribution in [0.15, 0.2) is 24.3 Å². The number of carbonyl (C=O) groups is 1. The number of hydrogen-bond acceptors (Lipinski definition) is 3.